The van der Waals surface area contributed by atoms with Crippen LogP contribution >= 0.6 is 0 Å². The summed E-state index contributed by atoms with van der Waals surface area (Å²) in [7, 11) is 1.56. The number of ether oxygens (including phenoxy) is 1. The van der Waals surface area contributed by atoms with Crippen LogP contribution in [-0.4, -0.2) is 54.1 Å². The molecular weight excluding hydrogens is 490 g/mol. The van der Waals surface area contributed by atoms with Crippen LogP contribution in [0.1, 0.15) is 21.5 Å². The van der Waals surface area contributed by atoms with Crippen LogP contribution in [0.25, 0.3) is 11.3 Å². The van der Waals surface area contributed by atoms with Gasteiger partial charge in [0.15, 0.2) is 0 Å². The predicted molar refractivity (Wildman–Crippen MR) is 119 cm³/mol. The van der Waals surface area contributed by atoms with Gasteiger partial charge in [0.25, 0.3) is 5.91 Å². The molecule has 1 aliphatic heterocycles. The molecule has 1 saturated heterocycles. The minimum Gasteiger partial charge on any atom is -0.497 e. The van der Waals surface area contributed by atoms with Gasteiger partial charge >= 0.3 is 12.4 Å². The van der Waals surface area contributed by atoms with E-state index < -0.39 is 35.0 Å². The van der Waals surface area contributed by atoms with Crippen molar-refractivity contribution in [3.05, 3.63) is 71.5 Å². The lowest BCUT2D eigenvalue weighted by molar-refractivity contribution is -0.143. The van der Waals surface area contributed by atoms with Crippen LogP contribution in [0, 0.1) is 0 Å². The molecule has 1 aliphatic rings. The molecule has 0 N–H and O–H groups in total. The highest BCUT2D eigenvalue weighted by Crippen LogP contribution is 2.36. The minimum atomic E-state index is -5.02. The van der Waals surface area contributed by atoms with E-state index in [9.17, 15) is 31.1 Å². The highest BCUT2D eigenvalue weighted by atomic mass is 19.4. The van der Waals surface area contributed by atoms with E-state index in [4.69, 9.17) is 4.74 Å². The van der Waals surface area contributed by atoms with Crippen LogP contribution in [0.3, 0.4) is 0 Å². The number of amides is 1. The molecule has 190 valence electrons. The Kier molecular flexibility index (Phi) is 6.79. The maximum absolute atomic E-state index is 13.2. The molecule has 12 heteroatoms. The highest BCUT2D eigenvalue weighted by Gasteiger charge is 2.38. The molecule has 0 atom stereocenters. The molecule has 2 aromatic carbocycles. The number of piperazine rings is 1. The number of alkyl halides is 6. The molecule has 4 rings (SSSR count). The summed E-state index contributed by atoms with van der Waals surface area (Å²) in [6, 6.07) is 9.94. The number of hydrogen-bond donors (Lipinski definition) is 0. The van der Waals surface area contributed by atoms with Crippen molar-refractivity contribution in [2.45, 2.75) is 12.4 Å². The molecule has 3 aromatic rings. The number of aromatic nitrogens is 2. The van der Waals surface area contributed by atoms with E-state index in [-0.39, 0.29) is 32.2 Å². The maximum Gasteiger partial charge on any atom is 0.416 e. The van der Waals surface area contributed by atoms with E-state index in [1.807, 2.05) is 17.0 Å². The standard InChI is InChI=1S/C24H20F6N4O2/c1-36-19-4-2-15(3-5-19)20-13-21(32-14-31-20)33-6-8-34(9-7-33)22(35)16-10-17(23(25,26)27)12-18(11-16)24(28,29)30/h2-5,10-14H,6-9H2,1H3. The van der Waals surface area contributed by atoms with Gasteiger partial charge in [-0.2, -0.15) is 26.3 Å². The fourth-order valence-electron chi connectivity index (χ4n) is 3.84. The molecule has 1 fully saturated rings. The fraction of sp³-hybridized carbons (Fsp3) is 0.292. The molecule has 6 nitrogen and oxygen atoms in total. The van der Waals surface area contributed by atoms with E-state index in [0.717, 1.165) is 5.56 Å². The number of rotatable bonds is 4. The number of halogens is 6. The zero-order valence-corrected chi connectivity index (χ0v) is 18.9. The summed E-state index contributed by atoms with van der Waals surface area (Å²) in [5.74, 6) is 0.381. The van der Waals surface area contributed by atoms with Gasteiger partial charge in [0.1, 0.15) is 17.9 Å². The third-order valence-corrected chi connectivity index (χ3v) is 5.76. The predicted octanol–water partition coefficient (Wildman–Crippen LogP) is 5.15. The number of anilines is 1. The summed E-state index contributed by atoms with van der Waals surface area (Å²) in [6.07, 6.45) is -8.65. The summed E-state index contributed by atoms with van der Waals surface area (Å²) in [6.45, 7) is 0.766. The van der Waals surface area contributed by atoms with Crippen molar-refractivity contribution < 1.29 is 35.9 Å². The molecule has 0 bridgehead atoms. The SMILES string of the molecule is COc1ccc(-c2cc(N3CCN(C(=O)c4cc(C(F)(F)F)cc(C(F)(F)F)c4)CC3)ncn2)cc1. The summed E-state index contributed by atoms with van der Waals surface area (Å²) in [5, 5.41) is 0. The van der Waals surface area contributed by atoms with Crippen molar-refractivity contribution in [2.24, 2.45) is 0 Å². The second kappa shape index (κ2) is 9.67. The van der Waals surface area contributed by atoms with Crippen LogP contribution in [0.15, 0.2) is 54.9 Å². The van der Waals surface area contributed by atoms with Gasteiger partial charge in [0.2, 0.25) is 0 Å². The lowest BCUT2D eigenvalue weighted by atomic mass is 10.0. The molecule has 0 radical (unpaired) electrons. The molecular formula is C24H20F6N4O2. The van der Waals surface area contributed by atoms with Crippen molar-refractivity contribution in [2.75, 3.05) is 38.2 Å². The van der Waals surface area contributed by atoms with Gasteiger partial charge in [-0.25, -0.2) is 9.97 Å². The lowest BCUT2D eigenvalue weighted by Gasteiger charge is -2.35. The van der Waals surface area contributed by atoms with E-state index in [0.29, 0.717) is 29.4 Å². The lowest BCUT2D eigenvalue weighted by Crippen LogP contribution is -2.49. The van der Waals surface area contributed by atoms with Crippen molar-refractivity contribution in [1.29, 1.82) is 0 Å². The van der Waals surface area contributed by atoms with Crippen molar-refractivity contribution in [1.82, 2.24) is 14.9 Å². The quantitative estimate of drug-likeness (QED) is 0.455. The highest BCUT2D eigenvalue weighted by molar-refractivity contribution is 5.95. The molecule has 2 heterocycles. The Labute approximate surface area is 202 Å². The monoisotopic (exact) mass is 510 g/mol. The van der Waals surface area contributed by atoms with Crippen molar-refractivity contribution in [3.8, 4) is 17.0 Å². The molecule has 1 aromatic heterocycles. The Morgan fingerprint density at radius 2 is 1.42 bits per heavy atom. The second-order valence-electron chi connectivity index (χ2n) is 8.06. The summed E-state index contributed by atoms with van der Waals surface area (Å²) >= 11 is 0. The van der Waals surface area contributed by atoms with Crippen LogP contribution in [0.4, 0.5) is 32.2 Å². The van der Waals surface area contributed by atoms with E-state index >= 15 is 0 Å². The number of benzene rings is 2. The third kappa shape index (κ3) is 5.52. The van der Waals surface area contributed by atoms with Crippen LogP contribution in [0.5, 0.6) is 5.75 Å². The smallest absolute Gasteiger partial charge is 0.416 e. The van der Waals surface area contributed by atoms with Gasteiger partial charge in [0.05, 0.1) is 23.9 Å². The topological polar surface area (TPSA) is 58.6 Å². The normalized spacial score (nSPS) is 14.6. The van der Waals surface area contributed by atoms with Crippen LogP contribution in [0.2, 0.25) is 0 Å². The fourth-order valence-corrected chi connectivity index (χ4v) is 3.84. The average Bonchev–Trinajstić information content (AvgIpc) is 2.87. The molecule has 0 aliphatic carbocycles. The van der Waals surface area contributed by atoms with Crippen LogP contribution < -0.4 is 9.64 Å². The Bertz CT molecular complexity index is 1200. The van der Waals surface area contributed by atoms with Gasteiger partial charge in [-0.3, -0.25) is 4.79 Å². The maximum atomic E-state index is 13.2. The molecule has 0 spiro atoms. The molecule has 0 unspecified atom stereocenters. The summed E-state index contributed by atoms with van der Waals surface area (Å²) < 4.78 is 84.1. The number of hydrogen-bond acceptors (Lipinski definition) is 5. The first kappa shape index (κ1) is 25.3. The Balaban J connectivity index is 1.49. The molecule has 1 amide bonds. The van der Waals surface area contributed by atoms with E-state index in [2.05, 4.69) is 9.97 Å². The number of carbonyl (C=O) groups excluding carboxylic acids is 1. The molecule has 36 heavy (non-hydrogen) atoms. The number of methoxy groups -OCH3 is 1. The first-order valence-corrected chi connectivity index (χ1v) is 10.8. The van der Waals surface area contributed by atoms with Gasteiger partial charge in [-0.15, -0.1) is 0 Å². The Morgan fingerprint density at radius 3 is 1.94 bits per heavy atom. The third-order valence-electron chi connectivity index (χ3n) is 5.76. The second-order valence-corrected chi connectivity index (χ2v) is 8.06. The van der Waals surface area contributed by atoms with E-state index in [1.54, 1.807) is 25.3 Å². The van der Waals surface area contributed by atoms with Gasteiger partial charge in [-0.05, 0) is 42.5 Å². The zero-order valence-electron chi connectivity index (χ0n) is 18.9. The first-order chi connectivity index (χ1) is 17.0. The minimum absolute atomic E-state index is 0.00419. The average molecular weight is 510 g/mol. The van der Waals surface area contributed by atoms with Gasteiger partial charge in [-0.1, -0.05) is 0 Å². The summed E-state index contributed by atoms with van der Waals surface area (Å²) in [4.78, 5) is 24.5. The zero-order chi connectivity index (χ0) is 26.1. The van der Waals surface area contributed by atoms with Crippen molar-refractivity contribution in [3.63, 3.8) is 0 Å². The Morgan fingerprint density at radius 1 is 0.833 bits per heavy atom. The Hall–Kier alpha value is -3.83. The summed E-state index contributed by atoms with van der Waals surface area (Å²) in [5.41, 5.74) is -2.21. The van der Waals surface area contributed by atoms with Gasteiger partial charge in [0, 0.05) is 43.4 Å². The van der Waals surface area contributed by atoms with Gasteiger partial charge < -0.3 is 14.5 Å². The van der Waals surface area contributed by atoms with E-state index in [1.165, 1.54) is 11.2 Å². The molecule has 0 saturated carbocycles. The largest absolute Gasteiger partial charge is 0.497 e. The van der Waals surface area contributed by atoms with Crippen molar-refractivity contribution >= 4 is 11.7 Å². The number of nitrogens with zero attached hydrogens (tertiary/aromatic N) is 4. The first-order valence-electron chi connectivity index (χ1n) is 10.8. The number of carbonyl (C=O) groups is 1. The van der Waals surface area contributed by atoms with Crippen LogP contribution in [-0.2, 0) is 12.4 Å².